The number of aromatic nitrogens is 1. The second-order valence-corrected chi connectivity index (χ2v) is 7.77. The molecule has 0 saturated carbocycles. The summed E-state index contributed by atoms with van der Waals surface area (Å²) in [7, 11) is 1.71. The van der Waals surface area contributed by atoms with Crippen LogP contribution in [0.4, 0.5) is 0 Å². The maximum Gasteiger partial charge on any atom is 0.262 e. The number of ether oxygens (including phenoxy) is 1. The summed E-state index contributed by atoms with van der Waals surface area (Å²) in [6.07, 6.45) is 0. The van der Waals surface area contributed by atoms with E-state index >= 15 is 0 Å². The molecule has 29 heavy (non-hydrogen) atoms. The summed E-state index contributed by atoms with van der Waals surface area (Å²) in [6.45, 7) is 12.5. The third-order valence-electron chi connectivity index (χ3n) is 5.97. The summed E-state index contributed by atoms with van der Waals surface area (Å²) in [5.74, 6) is 0.806. The molecule has 0 spiro atoms. The average molecular weight is 413 g/mol. The normalized spacial score (nSPS) is 12.6. The van der Waals surface area contributed by atoms with Gasteiger partial charge in [0.2, 0.25) is 0 Å². The van der Waals surface area contributed by atoms with Gasteiger partial charge >= 0.3 is 0 Å². The molecule has 3 aromatic rings. The van der Waals surface area contributed by atoms with Crippen LogP contribution in [0, 0.1) is 13.8 Å². The first-order valence-corrected chi connectivity index (χ1v) is 10.5. The Kier molecular flexibility index (Phi) is 6.35. The van der Waals surface area contributed by atoms with Gasteiger partial charge < -0.3 is 4.74 Å². The topological polar surface area (TPSA) is 34.5 Å². The molecular weight excluding hydrogens is 384 g/mol. The van der Waals surface area contributed by atoms with Gasteiger partial charge in [0, 0.05) is 33.3 Å². The number of methoxy groups -OCH3 is 1. The lowest BCUT2D eigenvalue weighted by atomic mass is 9.98. The molecule has 0 bridgehead atoms. The molecule has 0 saturated heterocycles. The summed E-state index contributed by atoms with van der Waals surface area (Å²) in [5.41, 5.74) is 4.71. The van der Waals surface area contributed by atoms with Gasteiger partial charge in [-0.15, -0.1) is 0 Å². The molecule has 154 valence electrons. The van der Waals surface area contributed by atoms with Crippen molar-refractivity contribution < 1.29 is 9.53 Å². The molecule has 1 heterocycles. The van der Waals surface area contributed by atoms with E-state index in [0.29, 0.717) is 10.6 Å². The lowest BCUT2D eigenvalue weighted by molar-refractivity contribution is 0.0963. The van der Waals surface area contributed by atoms with Crippen molar-refractivity contribution in [3.63, 3.8) is 0 Å². The third-order valence-corrected chi connectivity index (χ3v) is 6.22. The van der Waals surface area contributed by atoms with E-state index < -0.39 is 0 Å². The molecule has 1 aromatic heterocycles. The van der Waals surface area contributed by atoms with Gasteiger partial charge in [-0.2, -0.15) is 0 Å². The van der Waals surface area contributed by atoms with Gasteiger partial charge in [-0.3, -0.25) is 14.3 Å². The van der Waals surface area contributed by atoms with E-state index in [4.69, 9.17) is 16.3 Å². The number of carbonyl (C=O) groups is 1. The molecule has 3 rings (SSSR count). The van der Waals surface area contributed by atoms with Crippen LogP contribution in [0.5, 0.6) is 5.75 Å². The highest BCUT2D eigenvalue weighted by Crippen LogP contribution is 2.39. The second kappa shape index (κ2) is 8.60. The fourth-order valence-corrected chi connectivity index (χ4v) is 4.35. The molecular formula is C24H29ClN2O2. The molecule has 0 radical (unpaired) electrons. The van der Waals surface area contributed by atoms with Gasteiger partial charge in [-0.1, -0.05) is 25.4 Å². The molecule has 1 unspecified atom stereocenters. The fourth-order valence-electron chi connectivity index (χ4n) is 4.23. The first-order chi connectivity index (χ1) is 13.8. The van der Waals surface area contributed by atoms with Crippen molar-refractivity contribution in [2.75, 3.05) is 20.2 Å². The van der Waals surface area contributed by atoms with E-state index in [9.17, 15) is 4.79 Å². The van der Waals surface area contributed by atoms with Crippen LogP contribution in [-0.4, -0.2) is 35.6 Å². The standard InChI is InChI=1S/C24H29ClN2O2/c1-7-26(8-2)17(5)23-21(29-6)14-13-20-22(23)15(3)16(4)27(20)24(28)18-9-11-19(25)12-10-18/h9-14,17H,7-8H2,1-6H3. The number of hydrogen-bond acceptors (Lipinski definition) is 3. The molecule has 5 heteroatoms. The van der Waals surface area contributed by atoms with Crippen molar-refractivity contribution in [2.45, 2.75) is 40.7 Å². The lowest BCUT2D eigenvalue weighted by Crippen LogP contribution is -2.27. The summed E-state index contributed by atoms with van der Waals surface area (Å²) in [5, 5.41) is 1.72. The van der Waals surface area contributed by atoms with Gasteiger partial charge in [-0.05, 0) is 75.8 Å². The Labute approximate surface area is 178 Å². The minimum atomic E-state index is -0.0520. The van der Waals surface area contributed by atoms with Crippen molar-refractivity contribution in [1.29, 1.82) is 0 Å². The van der Waals surface area contributed by atoms with Gasteiger partial charge in [0.25, 0.3) is 5.91 Å². The number of benzene rings is 2. The van der Waals surface area contributed by atoms with Crippen LogP contribution in [-0.2, 0) is 0 Å². The highest BCUT2D eigenvalue weighted by Gasteiger charge is 2.26. The highest BCUT2D eigenvalue weighted by molar-refractivity contribution is 6.30. The molecule has 0 aliphatic rings. The van der Waals surface area contributed by atoms with Crippen molar-refractivity contribution in [1.82, 2.24) is 9.47 Å². The predicted molar refractivity (Wildman–Crippen MR) is 120 cm³/mol. The molecule has 1 atom stereocenters. The first-order valence-electron chi connectivity index (χ1n) is 10.1. The zero-order valence-corrected chi connectivity index (χ0v) is 18.8. The number of halogens is 1. The van der Waals surface area contributed by atoms with Crippen molar-refractivity contribution in [2.24, 2.45) is 0 Å². The molecule has 0 aliphatic heterocycles. The largest absolute Gasteiger partial charge is 0.496 e. The number of fused-ring (bicyclic) bond motifs is 1. The molecule has 0 aliphatic carbocycles. The molecule has 4 nitrogen and oxygen atoms in total. The third kappa shape index (κ3) is 3.67. The summed E-state index contributed by atoms with van der Waals surface area (Å²) < 4.78 is 7.55. The summed E-state index contributed by atoms with van der Waals surface area (Å²) in [6, 6.07) is 11.2. The first kappa shape index (κ1) is 21.4. The summed E-state index contributed by atoms with van der Waals surface area (Å²) in [4.78, 5) is 15.8. The van der Waals surface area contributed by atoms with Crippen LogP contribution in [0.15, 0.2) is 36.4 Å². The minimum Gasteiger partial charge on any atom is -0.496 e. The fraction of sp³-hybridized carbons (Fsp3) is 0.375. The van der Waals surface area contributed by atoms with E-state index in [2.05, 4.69) is 32.6 Å². The maximum absolute atomic E-state index is 13.4. The van der Waals surface area contributed by atoms with E-state index in [1.54, 1.807) is 31.4 Å². The smallest absolute Gasteiger partial charge is 0.262 e. The second-order valence-electron chi connectivity index (χ2n) is 7.33. The average Bonchev–Trinajstić information content (AvgIpc) is 2.98. The van der Waals surface area contributed by atoms with Gasteiger partial charge in [0.05, 0.1) is 12.6 Å². The number of carbonyl (C=O) groups excluding carboxylic acids is 1. The molecule has 0 N–H and O–H groups in total. The van der Waals surface area contributed by atoms with Crippen molar-refractivity contribution >= 4 is 28.4 Å². The zero-order valence-electron chi connectivity index (χ0n) is 18.0. The van der Waals surface area contributed by atoms with E-state index in [0.717, 1.165) is 46.6 Å². The van der Waals surface area contributed by atoms with Gasteiger partial charge in [-0.25, -0.2) is 0 Å². The Morgan fingerprint density at radius 1 is 1.10 bits per heavy atom. The lowest BCUT2D eigenvalue weighted by Gasteiger charge is -2.28. The van der Waals surface area contributed by atoms with Crippen LogP contribution in [0.1, 0.15) is 54.0 Å². The van der Waals surface area contributed by atoms with E-state index in [1.807, 2.05) is 23.6 Å². The Balaban J connectivity index is 2.27. The van der Waals surface area contributed by atoms with Crippen molar-refractivity contribution in [3.8, 4) is 5.75 Å². The van der Waals surface area contributed by atoms with E-state index in [-0.39, 0.29) is 11.9 Å². The van der Waals surface area contributed by atoms with Crippen LogP contribution in [0.3, 0.4) is 0 Å². The Morgan fingerprint density at radius 2 is 1.72 bits per heavy atom. The Morgan fingerprint density at radius 3 is 2.28 bits per heavy atom. The number of rotatable bonds is 6. The summed E-state index contributed by atoms with van der Waals surface area (Å²) >= 11 is 6.00. The van der Waals surface area contributed by atoms with E-state index in [1.165, 1.54) is 0 Å². The molecule has 0 amide bonds. The Hall–Kier alpha value is -2.30. The quantitative estimate of drug-likeness (QED) is 0.497. The van der Waals surface area contributed by atoms with Crippen molar-refractivity contribution in [3.05, 3.63) is 63.8 Å². The zero-order chi connectivity index (χ0) is 21.3. The monoisotopic (exact) mass is 412 g/mol. The maximum atomic E-state index is 13.4. The number of aryl methyl sites for hydroxylation is 1. The number of nitrogens with zero attached hydrogens (tertiary/aromatic N) is 2. The van der Waals surface area contributed by atoms with Crippen LogP contribution in [0.2, 0.25) is 5.02 Å². The molecule has 0 fully saturated rings. The number of hydrogen-bond donors (Lipinski definition) is 0. The van der Waals surface area contributed by atoms with Crippen LogP contribution >= 0.6 is 11.6 Å². The molecule has 2 aromatic carbocycles. The highest BCUT2D eigenvalue weighted by atomic mass is 35.5. The van der Waals surface area contributed by atoms with Gasteiger partial charge in [0.1, 0.15) is 5.75 Å². The predicted octanol–water partition coefficient (Wildman–Crippen LogP) is 6.01. The SMILES string of the molecule is CCN(CC)C(C)c1c(OC)ccc2c1c(C)c(C)n2C(=O)c1ccc(Cl)cc1. The van der Waals surface area contributed by atoms with Gasteiger partial charge in [0.15, 0.2) is 0 Å². The van der Waals surface area contributed by atoms with Crippen LogP contribution in [0.25, 0.3) is 10.9 Å². The van der Waals surface area contributed by atoms with Crippen LogP contribution < -0.4 is 4.74 Å². The Bertz CT molecular complexity index is 1030. The minimum absolute atomic E-state index is 0.0520.